The Morgan fingerprint density at radius 3 is 1.79 bits per heavy atom. The molecule has 0 aliphatic rings. The molecule has 0 amide bonds. The maximum Gasteiger partial charge on any atom is 0.164 e. The summed E-state index contributed by atoms with van der Waals surface area (Å²) in [5.41, 5.74) is 7.86. The molecule has 63 heavy (non-hydrogen) atoms. The van der Waals surface area contributed by atoms with Gasteiger partial charge in [-0.25, -0.2) is 15.0 Å². The van der Waals surface area contributed by atoms with Gasteiger partial charge >= 0.3 is 0 Å². The van der Waals surface area contributed by atoms with Gasteiger partial charge in [-0.05, 0) is 88.3 Å². The van der Waals surface area contributed by atoms with Crippen molar-refractivity contribution < 1.29 is 4.42 Å². The first-order valence-electron chi connectivity index (χ1n) is 21.2. The van der Waals surface area contributed by atoms with Crippen molar-refractivity contribution in [3.05, 3.63) is 194 Å². The van der Waals surface area contributed by atoms with Gasteiger partial charge in [-0.2, -0.15) is 0 Å². The first-order valence-corrected chi connectivity index (χ1v) is 22.0. The van der Waals surface area contributed by atoms with E-state index in [1.54, 1.807) is 11.3 Å². The first-order chi connectivity index (χ1) is 31.2. The molecule has 0 atom stereocenters. The summed E-state index contributed by atoms with van der Waals surface area (Å²) in [6.07, 6.45) is 0. The lowest BCUT2D eigenvalue weighted by atomic mass is 10.0. The van der Waals surface area contributed by atoms with Gasteiger partial charge in [0.05, 0.1) is 16.7 Å². The van der Waals surface area contributed by atoms with Crippen LogP contribution in [0.15, 0.2) is 199 Å². The standard InChI is InChI=1S/C57H32N4OS/c1-2-13-34(14-3-1)55-58-56(60-57(59-55)38-24-27-52-44(30-38)41-19-10-11-21-51(41)63-52)37-23-26-50-43(29-37)45-32-49(40-18-8-9-20-42(40)54(45)62-50)61-47-25-22-33-12-6-7-17-39(33)53(47)46-28-35-15-4-5-16-36(35)31-48(46)61/h1-32H. The number of hydrogen-bond acceptors (Lipinski definition) is 5. The van der Waals surface area contributed by atoms with Crippen LogP contribution in [0, 0.1) is 0 Å². The quantitative estimate of drug-likeness (QED) is 0.177. The van der Waals surface area contributed by atoms with Crippen molar-refractivity contribution in [2.75, 3.05) is 0 Å². The van der Waals surface area contributed by atoms with Crippen molar-refractivity contribution in [2.24, 2.45) is 0 Å². The maximum absolute atomic E-state index is 6.81. The van der Waals surface area contributed by atoms with Crippen molar-refractivity contribution >= 4 is 108 Å². The van der Waals surface area contributed by atoms with Crippen LogP contribution in [-0.2, 0) is 0 Å². The number of hydrogen-bond donors (Lipinski definition) is 0. The predicted octanol–water partition coefficient (Wildman–Crippen LogP) is 15.7. The van der Waals surface area contributed by atoms with Crippen LogP contribution >= 0.6 is 11.3 Å². The van der Waals surface area contributed by atoms with E-state index in [9.17, 15) is 0 Å². The SMILES string of the molecule is c1ccc(-c2nc(-c3ccc4oc5c6ccccc6c(-n6c7cc8ccccc8cc7c7c8ccccc8ccc76)cc5c4c3)nc(-c3ccc4sc5ccccc5c4c3)n2)cc1. The summed E-state index contributed by atoms with van der Waals surface area (Å²) in [5.74, 6) is 1.86. The molecule has 0 spiro atoms. The Morgan fingerprint density at radius 1 is 0.365 bits per heavy atom. The van der Waals surface area contributed by atoms with Crippen LogP contribution in [0.25, 0.3) is 136 Å². The van der Waals surface area contributed by atoms with Gasteiger partial charge in [-0.3, -0.25) is 0 Å². The molecule has 0 saturated carbocycles. The fraction of sp³-hybridized carbons (Fsp3) is 0. The predicted molar refractivity (Wildman–Crippen MR) is 263 cm³/mol. The Kier molecular flexibility index (Phi) is 7.21. The molecule has 14 aromatic rings. The van der Waals surface area contributed by atoms with E-state index in [-0.39, 0.29) is 0 Å². The highest BCUT2D eigenvalue weighted by atomic mass is 32.1. The molecule has 4 aromatic heterocycles. The molecular formula is C57H32N4OS. The van der Waals surface area contributed by atoms with Gasteiger partial charge in [0.1, 0.15) is 11.2 Å². The van der Waals surface area contributed by atoms with E-state index in [1.165, 1.54) is 52.5 Å². The van der Waals surface area contributed by atoms with Crippen LogP contribution in [0.1, 0.15) is 0 Å². The van der Waals surface area contributed by atoms with Crippen molar-refractivity contribution in [2.45, 2.75) is 0 Å². The Labute approximate surface area is 363 Å². The third kappa shape index (κ3) is 5.19. The molecule has 0 N–H and O–H groups in total. The van der Waals surface area contributed by atoms with Crippen LogP contribution in [0.2, 0.25) is 0 Å². The molecule has 14 rings (SSSR count). The van der Waals surface area contributed by atoms with Gasteiger partial charge in [0.15, 0.2) is 17.5 Å². The lowest BCUT2D eigenvalue weighted by Crippen LogP contribution is -2.00. The lowest BCUT2D eigenvalue weighted by molar-refractivity contribution is 0.672. The molecule has 0 saturated heterocycles. The van der Waals surface area contributed by atoms with Gasteiger partial charge in [0.25, 0.3) is 0 Å². The van der Waals surface area contributed by atoms with Crippen molar-refractivity contribution in [3.8, 4) is 39.9 Å². The average Bonchev–Trinajstić information content (AvgIpc) is 4.02. The molecule has 0 aliphatic heterocycles. The Balaban J connectivity index is 1.02. The van der Waals surface area contributed by atoms with Gasteiger partial charge in [-0.1, -0.05) is 127 Å². The molecule has 292 valence electrons. The lowest BCUT2D eigenvalue weighted by Gasteiger charge is -2.13. The number of nitrogens with zero attached hydrogens (tertiary/aromatic N) is 4. The Morgan fingerprint density at radius 2 is 0.984 bits per heavy atom. The number of rotatable bonds is 4. The summed E-state index contributed by atoms with van der Waals surface area (Å²) in [7, 11) is 0. The minimum absolute atomic E-state index is 0.604. The highest BCUT2D eigenvalue weighted by molar-refractivity contribution is 7.25. The molecule has 0 unspecified atom stereocenters. The van der Waals surface area contributed by atoms with E-state index in [1.807, 2.05) is 18.2 Å². The van der Waals surface area contributed by atoms with Crippen LogP contribution in [0.3, 0.4) is 0 Å². The molecule has 6 heteroatoms. The van der Waals surface area contributed by atoms with E-state index >= 15 is 0 Å². The molecule has 0 bridgehead atoms. The topological polar surface area (TPSA) is 56.7 Å². The van der Waals surface area contributed by atoms with Gasteiger partial charge < -0.3 is 8.98 Å². The van der Waals surface area contributed by atoms with Crippen molar-refractivity contribution in [1.82, 2.24) is 19.5 Å². The van der Waals surface area contributed by atoms with E-state index < -0.39 is 0 Å². The van der Waals surface area contributed by atoms with Gasteiger partial charge in [-0.15, -0.1) is 11.3 Å². The number of aromatic nitrogens is 4. The van der Waals surface area contributed by atoms with E-state index in [0.29, 0.717) is 17.5 Å². The number of thiophene rings is 1. The third-order valence-electron chi connectivity index (χ3n) is 12.8. The zero-order chi connectivity index (χ0) is 41.2. The summed E-state index contributed by atoms with van der Waals surface area (Å²) in [6.45, 7) is 0. The molecular weight excluding hydrogens is 789 g/mol. The fourth-order valence-electron chi connectivity index (χ4n) is 9.85. The van der Waals surface area contributed by atoms with Gasteiger partial charge in [0.2, 0.25) is 0 Å². The summed E-state index contributed by atoms with van der Waals surface area (Å²) in [5, 5.41) is 14.0. The van der Waals surface area contributed by atoms with Crippen LogP contribution in [-0.4, -0.2) is 19.5 Å². The van der Waals surface area contributed by atoms with E-state index in [2.05, 4.69) is 180 Å². The molecule has 4 heterocycles. The van der Waals surface area contributed by atoms with E-state index in [0.717, 1.165) is 66.1 Å². The van der Waals surface area contributed by atoms with Crippen LogP contribution < -0.4 is 0 Å². The van der Waals surface area contributed by atoms with Crippen LogP contribution in [0.5, 0.6) is 0 Å². The Hall–Kier alpha value is -8.19. The molecule has 0 radical (unpaired) electrons. The van der Waals surface area contributed by atoms with Crippen molar-refractivity contribution in [3.63, 3.8) is 0 Å². The fourth-order valence-corrected chi connectivity index (χ4v) is 10.9. The summed E-state index contributed by atoms with van der Waals surface area (Å²) in [4.78, 5) is 15.5. The minimum atomic E-state index is 0.604. The van der Waals surface area contributed by atoms with Gasteiger partial charge in [0, 0.05) is 69.2 Å². The van der Waals surface area contributed by atoms with Crippen LogP contribution in [0.4, 0.5) is 0 Å². The number of furan rings is 1. The summed E-state index contributed by atoms with van der Waals surface area (Å²) in [6, 6.07) is 69.2. The largest absolute Gasteiger partial charge is 0.455 e. The second-order valence-corrected chi connectivity index (χ2v) is 17.4. The third-order valence-corrected chi connectivity index (χ3v) is 13.9. The molecule has 0 aliphatic carbocycles. The normalized spacial score (nSPS) is 12.1. The Bertz CT molecular complexity index is 4220. The highest BCUT2D eigenvalue weighted by Gasteiger charge is 2.22. The molecule has 5 nitrogen and oxygen atoms in total. The second kappa shape index (κ2) is 13.2. The minimum Gasteiger partial charge on any atom is -0.455 e. The second-order valence-electron chi connectivity index (χ2n) is 16.3. The molecule has 0 fully saturated rings. The number of fused-ring (bicyclic) bond motifs is 14. The monoisotopic (exact) mass is 820 g/mol. The summed E-state index contributed by atoms with van der Waals surface area (Å²) < 4.78 is 11.8. The summed E-state index contributed by atoms with van der Waals surface area (Å²) >= 11 is 1.81. The average molecular weight is 821 g/mol. The zero-order valence-corrected chi connectivity index (χ0v) is 34.4. The smallest absolute Gasteiger partial charge is 0.164 e. The zero-order valence-electron chi connectivity index (χ0n) is 33.6. The maximum atomic E-state index is 6.81. The molecule has 10 aromatic carbocycles. The highest BCUT2D eigenvalue weighted by Crippen LogP contribution is 2.44. The first kappa shape index (κ1) is 34.5. The van der Waals surface area contributed by atoms with E-state index in [4.69, 9.17) is 19.4 Å². The van der Waals surface area contributed by atoms with Crippen molar-refractivity contribution in [1.29, 1.82) is 0 Å². The number of benzene rings is 10.